The van der Waals surface area contributed by atoms with Gasteiger partial charge in [-0.15, -0.1) is 0 Å². The van der Waals surface area contributed by atoms with Gasteiger partial charge in [-0.1, -0.05) is 0 Å². The minimum atomic E-state index is -2.06. The molecule has 52 valence electrons. The first-order valence-corrected chi connectivity index (χ1v) is 4.50. The number of thiol groups is 1. The third-order valence-corrected chi connectivity index (χ3v) is 2.86. The molecule has 0 bridgehead atoms. The van der Waals surface area contributed by atoms with E-state index in [1.165, 1.54) is 6.26 Å². The molecule has 2 N–H and O–H groups in total. The first kappa shape index (κ1) is 8.58. The van der Waals surface area contributed by atoms with Crippen LogP contribution >= 0.6 is 23.5 Å². The Hall–Kier alpha value is 0.580. The van der Waals surface area contributed by atoms with Crippen LogP contribution in [-0.2, 0) is 3.63 Å². The summed E-state index contributed by atoms with van der Waals surface area (Å²) in [6.07, 6.45) is 1.51. The van der Waals surface area contributed by atoms with Crippen LogP contribution in [-0.4, -0.2) is 28.3 Å². The monoisotopic (exact) mass is 158 g/mol. The van der Waals surface area contributed by atoms with E-state index in [0.717, 1.165) is 0 Å². The maximum Gasteiger partial charge on any atom is 0.0616 e. The maximum atomic E-state index is 8.95. The molecule has 3 nitrogen and oxygen atoms in total. The summed E-state index contributed by atoms with van der Waals surface area (Å²) in [5.74, 6) is 0.260. The second-order valence-electron chi connectivity index (χ2n) is 1.46. The van der Waals surface area contributed by atoms with Crippen LogP contribution in [0.2, 0.25) is 0 Å². The zero-order chi connectivity index (χ0) is 6.62. The molecule has 0 aliphatic rings. The van der Waals surface area contributed by atoms with Crippen LogP contribution in [0.25, 0.3) is 0 Å². The van der Waals surface area contributed by atoms with Crippen molar-refractivity contribution in [2.45, 2.75) is 0 Å². The van der Waals surface area contributed by atoms with Gasteiger partial charge in [-0.3, -0.25) is 4.55 Å². The summed E-state index contributed by atoms with van der Waals surface area (Å²) in [5, 5.41) is 8.28. The van der Waals surface area contributed by atoms with Gasteiger partial charge < -0.3 is 5.11 Å². The predicted molar refractivity (Wildman–Crippen MR) is 38.2 cm³/mol. The number of hydrogen-bond donors (Lipinski definition) is 3. The summed E-state index contributed by atoms with van der Waals surface area (Å²) in [5.41, 5.74) is 0. The molecule has 0 rings (SSSR count). The lowest BCUT2D eigenvalue weighted by Gasteiger charge is -2.29. The molecule has 0 aromatic heterocycles. The minimum Gasteiger partial charge on any atom is -0.395 e. The van der Waals surface area contributed by atoms with Gasteiger partial charge in [-0.05, 0) is 0 Å². The van der Waals surface area contributed by atoms with E-state index in [9.17, 15) is 0 Å². The largest absolute Gasteiger partial charge is 0.395 e. The topological polar surface area (TPSA) is 49.7 Å². The van der Waals surface area contributed by atoms with Crippen LogP contribution in [0.5, 0.6) is 0 Å². The van der Waals surface area contributed by atoms with Crippen LogP contribution in [0.4, 0.5) is 0 Å². The molecule has 1 unspecified atom stereocenters. The van der Waals surface area contributed by atoms with E-state index in [1.807, 2.05) is 0 Å². The Morgan fingerprint density at radius 1 is 1.75 bits per heavy atom. The van der Waals surface area contributed by atoms with Crippen molar-refractivity contribution >= 4 is 23.5 Å². The van der Waals surface area contributed by atoms with Crippen molar-refractivity contribution in [3.05, 3.63) is 0 Å². The molecule has 0 radical (unpaired) electrons. The Labute approximate surface area is 56.0 Å². The van der Waals surface area contributed by atoms with Crippen LogP contribution in [0, 0.1) is 0 Å². The van der Waals surface area contributed by atoms with Gasteiger partial charge in [0.1, 0.15) is 0 Å². The lowest BCUT2D eigenvalue weighted by atomic mass is 10.9. The molecule has 0 saturated carbocycles. The fraction of sp³-hybridized carbons (Fsp3) is 1.00. The SMILES string of the molecule is CS(O)(CCO)OS. The van der Waals surface area contributed by atoms with E-state index in [4.69, 9.17) is 9.66 Å². The molecule has 8 heavy (non-hydrogen) atoms. The van der Waals surface area contributed by atoms with Gasteiger partial charge in [0.25, 0.3) is 0 Å². The number of aliphatic hydroxyl groups excluding tert-OH is 1. The van der Waals surface area contributed by atoms with Crippen molar-refractivity contribution in [3.8, 4) is 0 Å². The zero-order valence-corrected chi connectivity index (χ0v) is 6.28. The summed E-state index contributed by atoms with van der Waals surface area (Å²) in [4.78, 5) is 0. The average molecular weight is 158 g/mol. The van der Waals surface area contributed by atoms with Gasteiger partial charge in [-0.2, -0.15) is 10.6 Å². The van der Waals surface area contributed by atoms with Gasteiger partial charge in [0.2, 0.25) is 0 Å². The van der Waals surface area contributed by atoms with Crippen LogP contribution in [0.3, 0.4) is 0 Å². The summed E-state index contributed by atoms with van der Waals surface area (Å²) in [7, 11) is -2.06. The Morgan fingerprint density at radius 2 is 2.25 bits per heavy atom. The van der Waals surface area contributed by atoms with E-state index >= 15 is 0 Å². The molecule has 1 atom stereocenters. The van der Waals surface area contributed by atoms with E-state index in [2.05, 4.69) is 16.5 Å². The summed E-state index contributed by atoms with van der Waals surface area (Å²) >= 11 is 3.41. The second kappa shape index (κ2) is 3.58. The minimum absolute atomic E-state index is 0.0666. The highest BCUT2D eigenvalue weighted by atomic mass is 32.3. The normalized spacial score (nSPS) is 22.0. The molecule has 0 heterocycles. The van der Waals surface area contributed by atoms with E-state index in [0.29, 0.717) is 0 Å². The molecule has 0 aromatic carbocycles. The number of hydrogen-bond acceptors (Lipinski definition) is 4. The van der Waals surface area contributed by atoms with E-state index < -0.39 is 10.6 Å². The third kappa shape index (κ3) is 3.57. The zero-order valence-electron chi connectivity index (χ0n) is 4.57. The summed E-state index contributed by atoms with van der Waals surface area (Å²) < 4.78 is 13.3. The predicted octanol–water partition coefficient (Wildman–Crippen LogP) is 0.662. The molecule has 0 aromatic rings. The highest BCUT2D eigenvalue weighted by Crippen LogP contribution is 2.40. The first-order chi connectivity index (χ1) is 3.62. The molecular weight excluding hydrogens is 148 g/mol. The Bertz CT molecular complexity index is 65.5. The van der Waals surface area contributed by atoms with Crippen LogP contribution < -0.4 is 0 Å². The van der Waals surface area contributed by atoms with Gasteiger partial charge in [0.05, 0.1) is 12.4 Å². The first-order valence-electron chi connectivity index (χ1n) is 2.04. The van der Waals surface area contributed by atoms with Crippen LogP contribution in [0.1, 0.15) is 0 Å². The Morgan fingerprint density at radius 3 is 2.38 bits per heavy atom. The van der Waals surface area contributed by atoms with Crippen LogP contribution in [0.15, 0.2) is 0 Å². The molecule has 5 heteroatoms. The fourth-order valence-electron chi connectivity index (χ4n) is 0.207. The van der Waals surface area contributed by atoms with Crippen molar-refractivity contribution < 1.29 is 13.3 Å². The van der Waals surface area contributed by atoms with E-state index in [1.54, 1.807) is 0 Å². The van der Waals surface area contributed by atoms with Crippen molar-refractivity contribution in [3.63, 3.8) is 0 Å². The van der Waals surface area contributed by atoms with Crippen molar-refractivity contribution in [1.29, 1.82) is 0 Å². The Kier molecular flexibility index (Phi) is 3.84. The standard InChI is InChI=1S/C3H10O3S2/c1-8(5,6-7)3-2-4/h4-5,7H,2-3H2,1H3. The fourth-order valence-corrected chi connectivity index (χ4v) is 0.844. The molecule has 0 spiro atoms. The highest BCUT2D eigenvalue weighted by Gasteiger charge is 2.05. The molecule has 0 saturated heterocycles. The average Bonchev–Trinajstić information content (AvgIpc) is 1.67. The van der Waals surface area contributed by atoms with Crippen molar-refractivity contribution in [1.82, 2.24) is 0 Å². The quantitative estimate of drug-likeness (QED) is 0.418. The lowest BCUT2D eigenvalue weighted by Crippen LogP contribution is -2.04. The lowest BCUT2D eigenvalue weighted by molar-refractivity contribution is 0.316. The van der Waals surface area contributed by atoms with E-state index in [-0.39, 0.29) is 12.4 Å². The maximum absolute atomic E-state index is 8.95. The number of aliphatic hydroxyl groups is 1. The van der Waals surface area contributed by atoms with Crippen molar-refractivity contribution in [2.75, 3.05) is 18.6 Å². The molecule has 0 aliphatic carbocycles. The second-order valence-corrected chi connectivity index (χ2v) is 4.39. The van der Waals surface area contributed by atoms with Gasteiger partial charge in [-0.25, -0.2) is 3.63 Å². The highest BCUT2D eigenvalue weighted by molar-refractivity contribution is 8.27. The van der Waals surface area contributed by atoms with Gasteiger partial charge in [0, 0.05) is 19.2 Å². The number of rotatable bonds is 3. The molecule has 0 aliphatic heterocycles. The smallest absolute Gasteiger partial charge is 0.0616 e. The summed E-state index contributed by atoms with van der Waals surface area (Å²) in [6, 6.07) is 0. The van der Waals surface area contributed by atoms with Gasteiger partial charge >= 0.3 is 0 Å². The third-order valence-electron chi connectivity index (χ3n) is 0.631. The molecule has 0 fully saturated rings. The Balaban J connectivity index is 3.37. The molecule has 0 amide bonds. The molecular formula is C3H10O3S2. The van der Waals surface area contributed by atoms with Crippen molar-refractivity contribution in [2.24, 2.45) is 0 Å². The summed E-state index contributed by atoms with van der Waals surface area (Å²) in [6.45, 7) is -0.0666. The van der Waals surface area contributed by atoms with Gasteiger partial charge in [0.15, 0.2) is 0 Å².